The average Bonchev–Trinajstić information content (AvgIpc) is 2.73. The van der Waals surface area contributed by atoms with Gasteiger partial charge < -0.3 is 14.5 Å². The summed E-state index contributed by atoms with van der Waals surface area (Å²) < 4.78 is 4.92. The number of carbonyl (C=O) groups excluding carboxylic acids is 1. The van der Waals surface area contributed by atoms with E-state index in [0.29, 0.717) is 11.3 Å². The van der Waals surface area contributed by atoms with E-state index in [1.165, 1.54) is 7.11 Å². The number of carbonyl (C=O) groups is 1. The highest BCUT2D eigenvalue weighted by atomic mass is 16.5. The van der Waals surface area contributed by atoms with Gasteiger partial charge in [0.15, 0.2) is 11.5 Å². The van der Waals surface area contributed by atoms with Gasteiger partial charge in [0, 0.05) is 32.4 Å². The summed E-state index contributed by atoms with van der Waals surface area (Å²) in [4.78, 5) is 30.1. The number of ether oxygens (including phenoxy) is 1. The molecule has 0 unspecified atom stereocenters. The van der Waals surface area contributed by atoms with Crippen LogP contribution in [0.25, 0.3) is 11.0 Å². The van der Waals surface area contributed by atoms with Crippen molar-refractivity contribution in [3.8, 4) is 0 Å². The molecule has 0 atom stereocenters. The first-order valence-electron chi connectivity index (χ1n) is 8.52. The van der Waals surface area contributed by atoms with Crippen LogP contribution in [0.4, 0.5) is 11.6 Å². The van der Waals surface area contributed by atoms with Crippen molar-refractivity contribution in [2.24, 2.45) is 0 Å². The number of nitrogens with zero attached hydrogens (tertiary/aromatic N) is 5. The number of benzene rings is 1. The third kappa shape index (κ3) is 3.03. The first-order valence-corrected chi connectivity index (χ1v) is 8.52. The van der Waals surface area contributed by atoms with Gasteiger partial charge >= 0.3 is 5.97 Å². The number of aromatic nitrogens is 3. The van der Waals surface area contributed by atoms with Crippen LogP contribution in [0.2, 0.25) is 0 Å². The summed E-state index contributed by atoms with van der Waals surface area (Å²) in [5, 5.41) is 0. The predicted octanol–water partition coefficient (Wildman–Crippen LogP) is 2.14. The van der Waals surface area contributed by atoms with Crippen molar-refractivity contribution in [2.45, 2.75) is 0 Å². The van der Waals surface area contributed by atoms with Crippen LogP contribution in [-0.4, -0.2) is 54.2 Å². The molecule has 1 aliphatic heterocycles. The Morgan fingerprint density at radius 2 is 1.58 bits per heavy atom. The third-order valence-corrected chi connectivity index (χ3v) is 4.48. The van der Waals surface area contributed by atoms with E-state index in [9.17, 15) is 4.79 Å². The van der Waals surface area contributed by atoms with Crippen molar-refractivity contribution < 1.29 is 9.53 Å². The zero-order chi connectivity index (χ0) is 17.9. The molecule has 3 heterocycles. The molecule has 0 radical (unpaired) electrons. The normalized spacial score (nSPS) is 14.5. The Kier molecular flexibility index (Phi) is 4.35. The van der Waals surface area contributed by atoms with Gasteiger partial charge in [-0.15, -0.1) is 0 Å². The SMILES string of the molecule is COC(=O)c1nc2ccccc2nc1N1CCN(c2ccccn2)CC1. The van der Waals surface area contributed by atoms with Crippen LogP contribution < -0.4 is 9.80 Å². The molecule has 26 heavy (non-hydrogen) atoms. The Morgan fingerprint density at radius 1 is 0.923 bits per heavy atom. The summed E-state index contributed by atoms with van der Waals surface area (Å²) in [5.74, 6) is 1.08. The number of para-hydroxylation sites is 2. The lowest BCUT2D eigenvalue weighted by Gasteiger charge is -2.36. The number of rotatable bonds is 3. The van der Waals surface area contributed by atoms with Gasteiger partial charge in [0.25, 0.3) is 0 Å². The molecule has 0 amide bonds. The number of hydrogen-bond donors (Lipinski definition) is 0. The topological polar surface area (TPSA) is 71.5 Å². The molecule has 0 N–H and O–H groups in total. The molecule has 1 fully saturated rings. The zero-order valence-corrected chi connectivity index (χ0v) is 14.5. The maximum Gasteiger partial charge on any atom is 0.360 e. The summed E-state index contributed by atoms with van der Waals surface area (Å²) in [6, 6.07) is 13.4. The molecule has 3 aromatic rings. The molecular weight excluding hydrogens is 330 g/mol. The maximum absolute atomic E-state index is 12.2. The molecule has 0 spiro atoms. The Morgan fingerprint density at radius 3 is 2.23 bits per heavy atom. The average molecular weight is 349 g/mol. The second-order valence-corrected chi connectivity index (χ2v) is 6.04. The number of piperazine rings is 1. The third-order valence-electron chi connectivity index (χ3n) is 4.48. The molecule has 7 heteroatoms. The molecule has 0 aliphatic carbocycles. The molecule has 0 bridgehead atoms. The Hall–Kier alpha value is -3.22. The lowest BCUT2D eigenvalue weighted by molar-refractivity contribution is 0.0595. The summed E-state index contributed by atoms with van der Waals surface area (Å²) in [6.07, 6.45) is 1.80. The molecule has 1 aliphatic rings. The van der Waals surface area contributed by atoms with Crippen LogP contribution in [0, 0.1) is 0 Å². The number of pyridine rings is 1. The number of fused-ring (bicyclic) bond motifs is 1. The first kappa shape index (κ1) is 16.3. The van der Waals surface area contributed by atoms with Crippen molar-refractivity contribution in [3.05, 3.63) is 54.4 Å². The van der Waals surface area contributed by atoms with Gasteiger partial charge in [0.1, 0.15) is 5.82 Å². The standard InChI is InChI=1S/C19H19N5O2/c1-26-19(25)17-18(22-15-7-3-2-6-14(15)21-17)24-12-10-23(11-13-24)16-8-4-5-9-20-16/h2-9H,10-13H2,1H3. The van der Waals surface area contributed by atoms with E-state index in [2.05, 4.69) is 19.8 Å². The second-order valence-electron chi connectivity index (χ2n) is 6.04. The maximum atomic E-state index is 12.2. The fourth-order valence-corrected chi connectivity index (χ4v) is 3.13. The van der Waals surface area contributed by atoms with E-state index < -0.39 is 5.97 Å². The van der Waals surface area contributed by atoms with Crippen molar-refractivity contribution in [1.82, 2.24) is 15.0 Å². The van der Waals surface area contributed by atoms with Gasteiger partial charge in [-0.05, 0) is 24.3 Å². The van der Waals surface area contributed by atoms with E-state index >= 15 is 0 Å². The monoisotopic (exact) mass is 349 g/mol. The fourth-order valence-electron chi connectivity index (χ4n) is 3.13. The number of hydrogen-bond acceptors (Lipinski definition) is 7. The van der Waals surface area contributed by atoms with E-state index in [-0.39, 0.29) is 5.69 Å². The number of methoxy groups -OCH3 is 1. The van der Waals surface area contributed by atoms with Gasteiger partial charge in [0.2, 0.25) is 0 Å². The molecule has 4 rings (SSSR count). The van der Waals surface area contributed by atoms with Crippen molar-refractivity contribution >= 4 is 28.6 Å². The minimum atomic E-state index is -0.467. The van der Waals surface area contributed by atoms with E-state index in [1.807, 2.05) is 42.5 Å². The summed E-state index contributed by atoms with van der Waals surface area (Å²) in [6.45, 7) is 3.06. The molecule has 2 aromatic heterocycles. The van der Waals surface area contributed by atoms with Crippen molar-refractivity contribution in [1.29, 1.82) is 0 Å². The van der Waals surface area contributed by atoms with Crippen LogP contribution >= 0.6 is 0 Å². The minimum absolute atomic E-state index is 0.262. The van der Waals surface area contributed by atoms with Crippen LogP contribution in [0.15, 0.2) is 48.7 Å². The minimum Gasteiger partial charge on any atom is -0.464 e. The van der Waals surface area contributed by atoms with E-state index in [4.69, 9.17) is 9.72 Å². The number of esters is 1. The van der Waals surface area contributed by atoms with Gasteiger partial charge in [-0.3, -0.25) is 0 Å². The van der Waals surface area contributed by atoms with Crippen LogP contribution in [0.3, 0.4) is 0 Å². The number of anilines is 2. The van der Waals surface area contributed by atoms with Crippen molar-refractivity contribution in [3.63, 3.8) is 0 Å². The van der Waals surface area contributed by atoms with E-state index in [1.54, 1.807) is 6.20 Å². The second kappa shape index (κ2) is 6.95. The fraction of sp³-hybridized carbons (Fsp3) is 0.263. The zero-order valence-electron chi connectivity index (χ0n) is 14.5. The molecule has 0 saturated carbocycles. The molecule has 132 valence electrons. The largest absolute Gasteiger partial charge is 0.464 e. The van der Waals surface area contributed by atoms with Crippen LogP contribution in [0.5, 0.6) is 0 Å². The molecule has 1 aromatic carbocycles. The van der Waals surface area contributed by atoms with Gasteiger partial charge in [-0.2, -0.15) is 0 Å². The summed E-state index contributed by atoms with van der Waals surface area (Å²) >= 11 is 0. The predicted molar refractivity (Wildman–Crippen MR) is 99.5 cm³/mol. The van der Waals surface area contributed by atoms with Gasteiger partial charge in [-0.1, -0.05) is 18.2 Å². The van der Waals surface area contributed by atoms with Crippen LogP contribution in [-0.2, 0) is 4.74 Å². The Bertz CT molecular complexity index is 924. The lowest BCUT2D eigenvalue weighted by atomic mass is 10.2. The lowest BCUT2D eigenvalue weighted by Crippen LogP contribution is -2.47. The van der Waals surface area contributed by atoms with Crippen LogP contribution in [0.1, 0.15) is 10.5 Å². The molecule has 7 nitrogen and oxygen atoms in total. The van der Waals surface area contributed by atoms with E-state index in [0.717, 1.165) is 37.5 Å². The summed E-state index contributed by atoms with van der Waals surface area (Å²) in [7, 11) is 1.36. The first-order chi connectivity index (χ1) is 12.8. The highest BCUT2D eigenvalue weighted by molar-refractivity contribution is 5.95. The Balaban J connectivity index is 1.63. The van der Waals surface area contributed by atoms with Gasteiger partial charge in [0.05, 0.1) is 18.1 Å². The molecule has 1 saturated heterocycles. The highest BCUT2D eigenvalue weighted by Gasteiger charge is 2.25. The van der Waals surface area contributed by atoms with Gasteiger partial charge in [-0.25, -0.2) is 19.7 Å². The quantitative estimate of drug-likeness (QED) is 0.671. The van der Waals surface area contributed by atoms with Crippen molar-refractivity contribution in [2.75, 3.05) is 43.1 Å². The Labute approximate surface area is 151 Å². The smallest absolute Gasteiger partial charge is 0.360 e. The molecular formula is C19H19N5O2. The summed E-state index contributed by atoms with van der Waals surface area (Å²) in [5.41, 5.74) is 1.71. The highest BCUT2D eigenvalue weighted by Crippen LogP contribution is 2.23.